The lowest BCUT2D eigenvalue weighted by atomic mass is 10.2. The number of ether oxygens (including phenoxy) is 2. The van der Waals surface area contributed by atoms with Crippen LogP contribution in [0.5, 0.6) is 0 Å². The summed E-state index contributed by atoms with van der Waals surface area (Å²) in [5, 5.41) is 2.06. The minimum Gasteiger partial charge on any atom is -0.446 e. The quantitative estimate of drug-likeness (QED) is 0.780. The van der Waals surface area contributed by atoms with Crippen LogP contribution in [0, 0.1) is 0 Å². The van der Waals surface area contributed by atoms with Crippen LogP contribution in [0.3, 0.4) is 0 Å². The second-order valence-electron chi connectivity index (χ2n) is 3.81. The fourth-order valence-corrected chi connectivity index (χ4v) is 1.36. The Kier molecular flexibility index (Phi) is 8.19. The molecule has 0 radical (unpaired) electrons. The molecule has 5 heteroatoms. The molecule has 0 aromatic heterocycles. The Labute approximate surface area is 103 Å². The third-order valence-electron chi connectivity index (χ3n) is 2.57. The van der Waals surface area contributed by atoms with E-state index < -0.39 is 12.2 Å². The molecule has 1 N–H and O–H groups in total. The third-order valence-corrected chi connectivity index (χ3v) is 2.57. The van der Waals surface area contributed by atoms with E-state index in [1.165, 1.54) is 0 Å². The van der Waals surface area contributed by atoms with Crippen molar-refractivity contribution in [2.75, 3.05) is 0 Å². The number of amides is 2. The van der Waals surface area contributed by atoms with Crippen molar-refractivity contribution >= 4 is 12.2 Å². The van der Waals surface area contributed by atoms with E-state index in [9.17, 15) is 9.59 Å². The van der Waals surface area contributed by atoms with Gasteiger partial charge in [0, 0.05) is 0 Å². The molecule has 5 nitrogen and oxygen atoms in total. The van der Waals surface area contributed by atoms with E-state index in [4.69, 9.17) is 9.47 Å². The van der Waals surface area contributed by atoms with Gasteiger partial charge in [0.1, 0.15) is 12.2 Å². The fourth-order valence-electron chi connectivity index (χ4n) is 1.36. The Balaban J connectivity index is 3.99. The predicted molar refractivity (Wildman–Crippen MR) is 64.8 cm³/mol. The second-order valence-corrected chi connectivity index (χ2v) is 3.81. The van der Waals surface area contributed by atoms with Crippen LogP contribution < -0.4 is 5.32 Å². The van der Waals surface area contributed by atoms with Gasteiger partial charge >= 0.3 is 12.2 Å². The van der Waals surface area contributed by atoms with Crippen molar-refractivity contribution in [1.29, 1.82) is 0 Å². The average Bonchev–Trinajstić information content (AvgIpc) is 2.32. The Bertz CT molecular complexity index is 211. The van der Waals surface area contributed by atoms with Gasteiger partial charge in [-0.3, -0.25) is 0 Å². The van der Waals surface area contributed by atoms with Crippen LogP contribution in [0.15, 0.2) is 0 Å². The van der Waals surface area contributed by atoms with Crippen molar-refractivity contribution in [1.82, 2.24) is 5.32 Å². The van der Waals surface area contributed by atoms with Crippen molar-refractivity contribution in [3.63, 3.8) is 0 Å². The van der Waals surface area contributed by atoms with E-state index in [2.05, 4.69) is 5.32 Å². The largest absolute Gasteiger partial charge is 0.446 e. The molecule has 0 saturated heterocycles. The molecule has 0 aliphatic rings. The third kappa shape index (κ3) is 6.81. The highest BCUT2D eigenvalue weighted by atomic mass is 16.6. The predicted octanol–water partition coefficient (Wildman–Crippen LogP) is 3.23. The number of imide groups is 1. The lowest BCUT2D eigenvalue weighted by molar-refractivity contribution is 0.0734. The zero-order valence-electron chi connectivity index (χ0n) is 11.1. The summed E-state index contributed by atoms with van der Waals surface area (Å²) in [6.45, 7) is 7.68. The minimum atomic E-state index is -0.741. The monoisotopic (exact) mass is 245 g/mol. The smallest absolute Gasteiger partial charge is 0.416 e. The molecule has 0 aromatic carbocycles. The summed E-state index contributed by atoms with van der Waals surface area (Å²) in [6.07, 6.45) is 1.12. The number of hydrogen-bond acceptors (Lipinski definition) is 4. The zero-order valence-corrected chi connectivity index (χ0v) is 11.1. The maximum atomic E-state index is 11.3. The zero-order chi connectivity index (χ0) is 13.3. The Morgan fingerprint density at radius 1 is 0.824 bits per heavy atom. The molecule has 0 unspecified atom stereocenters. The van der Waals surface area contributed by atoms with Crippen LogP contribution in [-0.2, 0) is 9.47 Å². The van der Waals surface area contributed by atoms with E-state index in [-0.39, 0.29) is 12.2 Å². The maximum Gasteiger partial charge on any atom is 0.416 e. The van der Waals surface area contributed by atoms with E-state index in [1.54, 1.807) is 0 Å². The summed E-state index contributed by atoms with van der Waals surface area (Å²) < 4.78 is 10.0. The van der Waals surface area contributed by atoms with Crippen molar-refractivity contribution < 1.29 is 19.1 Å². The Morgan fingerprint density at radius 2 is 1.12 bits per heavy atom. The molecule has 0 saturated carbocycles. The average molecular weight is 245 g/mol. The van der Waals surface area contributed by atoms with Crippen LogP contribution in [0.1, 0.15) is 53.4 Å². The number of carbonyl (C=O) groups excluding carboxylic acids is 2. The summed E-state index contributed by atoms with van der Waals surface area (Å²) in [7, 11) is 0. The summed E-state index contributed by atoms with van der Waals surface area (Å²) >= 11 is 0. The summed E-state index contributed by atoms with van der Waals surface area (Å²) in [5.74, 6) is 0. The Morgan fingerprint density at radius 3 is 1.35 bits per heavy atom. The minimum absolute atomic E-state index is 0.157. The van der Waals surface area contributed by atoms with Gasteiger partial charge in [0.25, 0.3) is 0 Å². The van der Waals surface area contributed by atoms with E-state index in [1.807, 2.05) is 27.7 Å². The van der Waals surface area contributed by atoms with Gasteiger partial charge < -0.3 is 9.47 Å². The summed E-state index contributed by atoms with van der Waals surface area (Å²) in [4.78, 5) is 22.6. The highest BCUT2D eigenvalue weighted by molar-refractivity contribution is 5.87. The van der Waals surface area contributed by atoms with Gasteiger partial charge in [-0.05, 0) is 25.7 Å². The molecule has 100 valence electrons. The van der Waals surface area contributed by atoms with Crippen LogP contribution >= 0.6 is 0 Å². The molecule has 0 aliphatic carbocycles. The summed E-state index contributed by atoms with van der Waals surface area (Å²) in [5.41, 5.74) is 0. The molecule has 0 bridgehead atoms. The SMILES string of the molecule is CCC(CC)OC(=O)NC(=O)OC(CC)CC. The first-order valence-electron chi connectivity index (χ1n) is 6.25. The molecule has 2 amide bonds. The van der Waals surface area contributed by atoms with Crippen molar-refractivity contribution in [2.24, 2.45) is 0 Å². The van der Waals surface area contributed by atoms with Crippen LogP contribution in [0.2, 0.25) is 0 Å². The molecule has 0 aromatic rings. The standard InChI is InChI=1S/C12H23NO4/c1-5-9(6-2)16-11(14)13-12(15)17-10(7-3)8-4/h9-10H,5-8H2,1-4H3,(H,13,14,15). The van der Waals surface area contributed by atoms with Gasteiger partial charge in [-0.25, -0.2) is 14.9 Å². The van der Waals surface area contributed by atoms with Crippen molar-refractivity contribution in [3.8, 4) is 0 Å². The van der Waals surface area contributed by atoms with Crippen molar-refractivity contribution in [3.05, 3.63) is 0 Å². The summed E-state index contributed by atoms with van der Waals surface area (Å²) in [6, 6.07) is 0. The molecule has 0 rings (SSSR count). The number of alkyl carbamates (subject to hydrolysis) is 2. The lowest BCUT2D eigenvalue weighted by Gasteiger charge is -2.16. The molecular formula is C12H23NO4. The van der Waals surface area contributed by atoms with Crippen LogP contribution in [-0.4, -0.2) is 24.4 Å². The van der Waals surface area contributed by atoms with E-state index in [0.717, 1.165) is 25.7 Å². The van der Waals surface area contributed by atoms with Crippen LogP contribution in [0.4, 0.5) is 9.59 Å². The number of hydrogen-bond donors (Lipinski definition) is 1. The van der Waals surface area contributed by atoms with Gasteiger partial charge in [0.05, 0.1) is 0 Å². The molecule has 0 atom stereocenters. The molecule has 17 heavy (non-hydrogen) atoms. The molecule has 0 heterocycles. The van der Waals surface area contributed by atoms with E-state index >= 15 is 0 Å². The highest BCUT2D eigenvalue weighted by Crippen LogP contribution is 2.04. The normalized spacial score (nSPS) is 10.5. The van der Waals surface area contributed by atoms with E-state index in [0.29, 0.717) is 0 Å². The van der Waals surface area contributed by atoms with Crippen LogP contribution in [0.25, 0.3) is 0 Å². The number of rotatable bonds is 6. The Hall–Kier alpha value is -1.26. The number of nitrogens with one attached hydrogen (secondary N) is 1. The first kappa shape index (κ1) is 15.7. The highest BCUT2D eigenvalue weighted by Gasteiger charge is 2.16. The maximum absolute atomic E-state index is 11.3. The molecule has 0 spiro atoms. The topological polar surface area (TPSA) is 64.6 Å². The van der Waals surface area contributed by atoms with Crippen molar-refractivity contribution in [2.45, 2.75) is 65.6 Å². The van der Waals surface area contributed by atoms with Gasteiger partial charge in [0.15, 0.2) is 0 Å². The number of carbonyl (C=O) groups is 2. The first-order valence-corrected chi connectivity index (χ1v) is 6.25. The van der Waals surface area contributed by atoms with Gasteiger partial charge in [-0.2, -0.15) is 0 Å². The second kappa shape index (κ2) is 8.84. The molecule has 0 fully saturated rings. The van der Waals surface area contributed by atoms with Gasteiger partial charge in [0.2, 0.25) is 0 Å². The molecular weight excluding hydrogens is 222 g/mol. The van der Waals surface area contributed by atoms with Gasteiger partial charge in [-0.1, -0.05) is 27.7 Å². The lowest BCUT2D eigenvalue weighted by Crippen LogP contribution is -2.36. The first-order chi connectivity index (χ1) is 8.07. The van der Waals surface area contributed by atoms with Gasteiger partial charge in [-0.15, -0.1) is 0 Å². The fraction of sp³-hybridized carbons (Fsp3) is 0.833. The molecule has 0 aliphatic heterocycles.